The van der Waals surface area contributed by atoms with Crippen LogP contribution in [0.2, 0.25) is 0 Å². The minimum Gasteiger partial charge on any atom is -0.478 e. The van der Waals surface area contributed by atoms with E-state index in [1.54, 1.807) is 0 Å². The van der Waals surface area contributed by atoms with Gasteiger partial charge in [-0.1, -0.05) is 13.0 Å². The first kappa shape index (κ1) is 10.7. The molecule has 0 bridgehead atoms. The van der Waals surface area contributed by atoms with Crippen molar-refractivity contribution in [2.45, 2.75) is 19.4 Å². The lowest BCUT2D eigenvalue weighted by Crippen LogP contribution is -2.10. The van der Waals surface area contributed by atoms with Gasteiger partial charge in [-0.05, 0) is 24.1 Å². The molecule has 0 aliphatic carbocycles. The standard InChI is InChI=1S/C10H12FNO2/c1-2-9(12)6-3-4-8(11)7(5-6)10(13)14/h3-5,9H,2,12H2,1H3,(H,13,14)/t9-/m1/s1. The molecule has 0 radical (unpaired) electrons. The Hall–Kier alpha value is -1.42. The minimum atomic E-state index is -1.27. The van der Waals surface area contributed by atoms with Crippen LogP contribution in [-0.4, -0.2) is 11.1 Å². The van der Waals surface area contributed by atoms with Crippen LogP contribution in [0.5, 0.6) is 0 Å². The average Bonchev–Trinajstić information content (AvgIpc) is 2.17. The molecule has 0 heterocycles. The third kappa shape index (κ3) is 2.09. The lowest BCUT2D eigenvalue weighted by molar-refractivity contribution is 0.0691. The van der Waals surface area contributed by atoms with E-state index in [0.717, 1.165) is 6.07 Å². The summed E-state index contributed by atoms with van der Waals surface area (Å²) >= 11 is 0. The summed E-state index contributed by atoms with van der Waals surface area (Å²) in [5.41, 5.74) is 6.02. The molecule has 3 N–H and O–H groups in total. The van der Waals surface area contributed by atoms with E-state index < -0.39 is 11.8 Å². The number of halogens is 1. The molecule has 1 aromatic rings. The van der Waals surface area contributed by atoms with Crippen molar-refractivity contribution in [2.75, 3.05) is 0 Å². The largest absolute Gasteiger partial charge is 0.478 e. The lowest BCUT2D eigenvalue weighted by atomic mass is 10.0. The SMILES string of the molecule is CC[C@@H](N)c1ccc(F)c(C(=O)O)c1. The molecule has 0 aromatic heterocycles. The lowest BCUT2D eigenvalue weighted by Gasteiger charge is -2.09. The van der Waals surface area contributed by atoms with E-state index in [0.29, 0.717) is 12.0 Å². The molecule has 0 spiro atoms. The molecule has 1 atom stereocenters. The Morgan fingerprint density at radius 2 is 2.29 bits per heavy atom. The van der Waals surface area contributed by atoms with Gasteiger partial charge in [-0.15, -0.1) is 0 Å². The summed E-state index contributed by atoms with van der Waals surface area (Å²) in [6.45, 7) is 1.88. The van der Waals surface area contributed by atoms with E-state index >= 15 is 0 Å². The highest BCUT2D eigenvalue weighted by Crippen LogP contribution is 2.17. The van der Waals surface area contributed by atoms with Crippen LogP contribution >= 0.6 is 0 Å². The summed E-state index contributed by atoms with van der Waals surface area (Å²) < 4.78 is 13.0. The topological polar surface area (TPSA) is 63.3 Å². The normalized spacial score (nSPS) is 12.5. The fourth-order valence-corrected chi connectivity index (χ4v) is 1.17. The molecule has 14 heavy (non-hydrogen) atoms. The molecule has 76 valence electrons. The Morgan fingerprint density at radius 3 is 2.79 bits per heavy atom. The Kier molecular flexibility index (Phi) is 3.19. The maximum absolute atomic E-state index is 13.0. The smallest absolute Gasteiger partial charge is 0.338 e. The number of benzene rings is 1. The second-order valence-electron chi connectivity index (χ2n) is 3.06. The second-order valence-corrected chi connectivity index (χ2v) is 3.06. The first-order chi connectivity index (χ1) is 6.56. The Labute approximate surface area is 81.4 Å². The maximum atomic E-state index is 13.0. The molecule has 1 rings (SSSR count). The molecular weight excluding hydrogens is 185 g/mol. The van der Waals surface area contributed by atoms with Crippen LogP contribution < -0.4 is 5.73 Å². The average molecular weight is 197 g/mol. The van der Waals surface area contributed by atoms with Gasteiger partial charge in [0.15, 0.2) is 0 Å². The van der Waals surface area contributed by atoms with Crippen molar-refractivity contribution in [3.63, 3.8) is 0 Å². The number of hydrogen-bond acceptors (Lipinski definition) is 2. The third-order valence-corrected chi connectivity index (χ3v) is 2.09. The number of nitrogens with two attached hydrogens (primary N) is 1. The zero-order valence-corrected chi connectivity index (χ0v) is 7.83. The van der Waals surface area contributed by atoms with Gasteiger partial charge in [0.1, 0.15) is 5.82 Å². The first-order valence-corrected chi connectivity index (χ1v) is 4.34. The fraction of sp³-hybridized carbons (Fsp3) is 0.300. The van der Waals surface area contributed by atoms with Crippen LogP contribution in [0.1, 0.15) is 35.3 Å². The highest BCUT2D eigenvalue weighted by Gasteiger charge is 2.12. The van der Waals surface area contributed by atoms with Crippen LogP contribution in [0.4, 0.5) is 4.39 Å². The zero-order chi connectivity index (χ0) is 10.7. The molecule has 3 nitrogen and oxygen atoms in total. The van der Waals surface area contributed by atoms with Crippen LogP contribution in [-0.2, 0) is 0 Å². The highest BCUT2D eigenvalue weighted by atomic mass is 19.1. The fourth-order valence-electron chi connectivity index (χ4n) is 1.17. The van der Waals surface area contributed by atoms with Crippen molar-refractivity contribution in [2.24, 2.45) is 5.73 Å². The molecule has 1 aromatic carbocycles. The van der Waals surface area contributed by atoms with Gasteiger partial charge in [0.2, 0.25) is 0 Å². The predicted molar refractivity (Wildman–Crippen MR) is 50.6 cm³/mol. The van der Waals surface area contributed by atoms with Crippen LogP contribution in [0.15, 0.2) is 18.2 Å². The quantitative estimate of drug-likeness (QED) is 0.778. The number of rotatable bonds is 3. The third-order valence-electron chi connectivity index (χ3n) is 2.09. The van der Waals surface area contributed by atoms with E-state index in [9.17, 15) is 9.18 Å². The zero-order valence-electron chi connectivity index (χ0n) is 7.83. The summed E-state index contributed by atoms with van der Waals surface area (Å²) in [4.78, 5) is 10.6. The van der Waals surface area contributed by atoms with Gasteiger partial charge in [0.05, 0.1) is 5.56 Å². The number of hydrogen-bond donors (Lipinski definition) is 2. The Balaban J connectivity index is 3.12. The summed E-state index contributed by atoms with van der Waals surface area (Å²) in [6.07, 6.45) is 0.685. The molecule has 0 fully saturated rings. The monoisotopic (exact) mass is 197 g/mol. The number of aromatic carboxylic acids is 1. The first-order valence-electron chi connectivity index (χ1n) is 4.34. The molecule has 0 unspecified atom stereocenters. The van der Waals surface area contributed by atoms with Gasteiger partial charge >= 0.3 is 5.97 Å². The molecule has 0 saturated carbocycles. The van der Waals surface area contributed by atoms with E-state index in [1.165, 1.54) is 12.1 Å². The van der Waals surface area contributed by atoms with Gasteiger partial charge in [-0.3, -0.25) is 0 Å². The highest BCUT2D eigenvalue weighted by molar-refractivity contribution is 5.88. The summed E-state index contributed by atoms with van der Waals surface area (Å²) in [6, 6.07) is 3.68. The van der Waals surface area contributed by atoms with E-state index in [4.69, 9.17) is 10.8 Å². The van der Waals surface area contributed by atoms with Gasteiger partial charge < -0.3 is 10.8 Å². The van der Waals surface area contributed by atoms with Gasteiger partial charge in [0, 0.05) is 6.04 Å². The van der Waals surface area contributed by atoms with Crippen molar-refractivity contribution < 1.29 is 14.3 Å². The number of carbonyl (C=O) groups is 1. The second kappa shape index (κ2) is 4.19. The van der Waals surface area contributed by atoms with E-state index in [-0.39, 0.29) is 11.6 Å². The van der Waals surface area contributed by atoms with Crippen molar-refractivity contribution >= 4 is 5.97 Å². The van der Waals surface area contributed by atoms with Crippen LogP contribution in [0.25, 0.3) is 0 Å². The van der Waals surface area contributed by atoms with Gasteiger partial charge in [-0.2, -0.15) is 0 Å². The van der Waals surface area contributed by atoms with Crippen LogP contribution in [0.3, 0.4) is 0 Å². The molecule has 4 heteroatoms. The molecular formula is C10H12FNO2. The maximum Gasteiger partial charge on any atom is 0.338 e. The Morgan fingerprint density at radius 1 is 1.64 bits per heavy atom. The molecule has 0 aliphatic rings. The van der Waals surface area contributed by atoms with Gasteiger partial charge in [-0.25, -0.2) is 9.18 Å². The van der Waals surface area contributed by atoms with Gasteiger partial charge in [0.25, 0.3) is 0 Å². The van der Waals surface area contributed by atoms with Crippen molar-refractivity contribution in [1.82, 2.24) is 0 Å². The summed E-state index contributed by atoms with van der Waals surface area (Å²) in [5, 5.41) is 8.66. The predicted octanol–water partition coefficient (Wildman–Crippen LogP) is 1.93. The summed E-state index contributed by atoms with van der Waals surface area (Å²) in [7, 11) is 0. The molecule has 0 aliphatic heterocycles. The van der Waals surface area contributed by atoms with Crippen molar-refractivity contribution in [1.29, 1.82) is 0 Å². The van der Waals surface area contributed by atoms with E-state index in [1.807, 2.05) is 6.92 Å². The number of carboxylic acid groups (broad SMARTS) is 1. The molecule has 0 saturated heterocycles. The van der Waals surface area contributed by atoms with Crippen molar-refractivity contribution in [3.8, 4) is 0 Å². The number of carboxylic acids is 1. The van der Waals surface area contributed by atoms with E-state index in [2.05, 4.69) is 0 Å². The minimum absolute atomic E-state index is 0.242. The molecule has 0 amide bonds. The van der Waals surface area contributed by atoms with Crippen molar-refractivity contribution in [3.05, 3.63) is 35.1 Å². The van der Waals surface area contributed by atoms with Crippen LogP contribution in [0, 0.1) is 5.82 Å². The summed E-state index contributed by atoms with van der Waals surface area (Å²) in [5.74, 6) is -2.00. The Bertz CT molecular complexity index is 352.